The number of carbonyl (C=O) groups is 2. The number of imide groups is 1. The largest absolute Gasteiger partial charge is 0.503 e. The van der Waals surface area contributed by atoms with E-state index in [-0.39, 0.29) is 41.2 Å². The molecule has 6 nitrogen and oxygen atoms in total. The van der Waals surface area contributed by atoms with Crippen LogP contribution in [0.15, 0.2) is 33.9 Å². The number of phenols is 1. The summed E-state index contributed by atoms with van der Waals surface area (Å²) in [4.78, 5) is 25.8. The molecule has 7 heteroatoms. The molecule has 3 fully saturated rings. The molecule has 1 saturated heterocycles. The summed E-state index contributed by atoms with van der Waals surface area (Å²) in [6.07, 6.45) is 6.89. The third kappa shape index (κ3) is 2.40. The number of hydrogen-bond donors (Lipinski definition) is 1. The second-order valence-electron chi connectivity index (χ2n) is 7.67. The molecule has 1 aliphatic heterocycles. The molecule has 6 rings (SSSR count). The van der Waals surface area contributed by atoms with Gasteiger partial charge in [-0.15, -0.1) is 0 Å². The normalized spacial score (nSPS) is 35.7. The maximum absolute atomic E-state index is 12.9. The molecule has 1 aromatic carbocycles. The number of hydrogen-bond acceptors (Lipinski definition) is 5. The monoisotopic (exact) mass is 430 g/mol. The fourth-order valence-electron chi connectivity index (χ4n) is 5.11. The van der Waals surface area contributed by atoms with Crippen molar-refractivity contribution in [1.29, 1.82) is 0 Å². The van der Waals surface area contributed by atoms with Gasteiger partial charge >= 0.3 is 0 Å². The van der Waals surface area contributed by atoms with Gasteiger partial charge < -0.3 is 9.84 Å². The number of nitrogens with zero attached hydrogens (tertiary/aromatic N) is 2. The smallest absolute Gasteiger partial charge is 0.254 e. The topological polar surface area (TPSA) is 79.2 Å². The van der Waals surface area contributed by atoms with Gasteiger partial charge in [0.1, 0.15) is 0 Å². The first-order chi connectivity index (χ1) is 13.0. The van der Waals surface area contributed by atoms with E-state index in [0.29, 0.717) is 34.2 Å². The van der Waals surface area contributed by atoms with Crippen molar-refractivity contribution in [3.05, 3.63) is 34.3 Å². The van der Waals surface area contributed by atoms with Crippen LogP contribution < -0.4 is 4.74 Å². The number of phenolic OH excluding ortho intramolecular Hbond substituents is 1. The number of rotatable bonds is 4. The highest BCUT2D eigenvalue weighted by Crippen LogP contribution is 2.65. The Labute approximate surface area is 165 Å². The van der Waals surface area contributed by atoms with Crippen molar-refractivity contribution >= 4 is 34.0 Å². The quantitative estimate of drug-likeness (QED) is 0.452. The summed E-state index contributed by atoms with van der Waals surface area (Å²) < 4.78 is 5.87. The van der Waals surface area contributed by atoms with E-state index >= 15 is 0 Å². The molecule has 2 bridgehead atoms. The lowest BCUT2D eigenvalue weighted by Gasteiger charge is -2.37. The number of ether oxygens (including phenoxy) is 1. The highest BCUT2D eigenvalue weighted by Gasteiger charge is 2.67. The number of hydrazone groups is 1. The average molecular weight is 431 g/mol. The minimum absolute atomic E-state index is 0.00946. The van der Waals surface area contributed by atoms with Gasteiger partial charge in [-0.3, -0.25) is 9.59 Å². The molecule has 27 heavy (non-hydrogen) atoms. The van der Waals surface area contributed by atoms with Gasteiger partial charge in [0.25, 0.3) is 11.8 Å². The average Bonchev–Trinajstić information content (AvgIpc) is 3.43. The van der Waals surface area contributed by atoms with Gasteiger partial charge in [0.15, 0.2) is 11.5 Å². The number of carbonyl (C=O) groups excluding carboxylic acids is 2. The van der Waals surface area contributed by atoms with Crippen LogP contribution >= 0.6 is 15.9 Å². The summed E-state index contributed by atoms with van der Waals surface area (Å²) in [5, 5.41) is 15.3. The molecule has 0 spiro atoms. The highest BCUT2D eigenvalue weighted by atomic mass is 79.9. The number of allylic oxidation sites excluding steroid dienone is 2. The lowest BCUT2D eigenvalue weighted by atomic mass is 9.63. The molecule has 4 aliphatic carbocycles. The number of amides is 2. The maximum Gasteiger partial charge on any atom is 0.254 e. The minimum atomic E-state index is -0.251. The van der Waals surface area contributed by atoms with E-state index in [1.54, 1.807) is 12.1 Å². The Morgan fingerprint density at radius 1 is 1.22 bits per heavy atom. The van der Waals surface area contributed by atoms with Crippen LogP contribution in [0.4, 0.5) is 0 Å². The van der Waals surface area contributed by atoms with Crippen LogP contribution in [-0.4, -0.2) is 34.8 Å². The summed E-state index contributed by atoms with van der Waals surface area (Å²) in [6.45, 7) is 2.23. The van der Waals surface area contributed by atoms with Gasteiger partial charge in [-0.25, -0.2) is 0 Å². The standard InChI is InChI=1S/C20H19BrN2O4/c1-2-27-15-6-9(5-14(21)18(15)24)8-22-23-19(25)16-10-3-4-11(13-7-12(10)13)17(16)20(23)26/h3-6,8,10-13,16-17,24H,2,7H2,1H3/b22-8-/t10-,11-,12-,13-,16-,17+/m0/s1. The Kier molecular flexibility index (Phi) is 3.73. The molecule has 1 heterocycles. The number of halogens is 1. The SMILES string of the molecule is CCOc1cc(/C=N\N2C(=O)[C@@H]3[C@H]4C=C[C@@H]([C@@H]5C[C@@H]45)[C@@H]3C2=O)cc(Br)c1O. The predicted octanol–water partition coefficient (Wildman–Crippen LogP) is 2.94. The zero-order valence-corrected chi connectivity index (χ0v) is 16.3. The van der Waals surface area contributed by atoms with Gasteiger partial charge in [-0.05, 0) is 70.6 Å². The molecule has 6 atom stereocenters. The van der Waals surface area contributed by atoms with Crippen molar-refractivity contribution in [2.75, 3.05) is 6.61 Å². The van der Waals surface area contributed by atoms with Gasteiger partial charge in [0, 0.05) is 0 Å². The van der Waals surface area contributed by atoms with Crippen LogP contribution in [0.25, 0.3) is 0 Å². The first-order valence-electron chi connectivity index (χ1n) is 9.26. The molecular formula is C20H19BrN2O4. The zero-order chi connectivity index (χ0) is 18.9. The molecule has 1 aromatic rings. The first kappa shape index (κ1) is 17.0. The summed E-state index contributed by atoms with van der Waals surface area (Å²) in [7, 11) is 0. The van der Waals surface area contributed by atoms with E-state index in [4.69, 9.17) is 4.74 Å². The van der Waals surface area contributed by atoms with E-state index < -0.39 is 0 Å². The fraction of sp³-hybridized carbons (Fsp3) is 0.450. The third-order valence-electron chi connectivity index (χ3n) is 6.31. The fourth-order valence-corrected chi connectivity index (χ4v) is 5.57. The van der Waals surface area contributed by atoms with Crippen LogP contribution in [0, 0.1) is 35.5 Å². The van der Waals surface area contributed by atoms with Crippen LogP contribution in [0.1, 0.15) is 18.9 Å². The molecule has 0 unspecified atom stereocenters. The van der Waals surface area contributed by atoms with E-state index in [9.17, 15) is 14.7 Å². The van der Waals surface area contributed by atoms with Crippen molar-refractivity contribution < 1.29 is 19.4 Å². The van der Waals surface area contributed by atoms with Crippen molar-refractivity contribution in [2.45, 2.75) is 13.3 Å². The lowest BCUT2D eigenvalue weighted by molar-refractivity contribution is -0.140. The minimum Gasteiger partial charge on any atom is -0.503 e. The molecule has 0 aromatic heterocycles. The van der Waals surface area contributed by atoms with Crippen LogP contribution in [0.2, 0.25) is 0 Å². The summed E-state index contributed by atoms with van der Waals surface area (Å²) in [5.74, 6) is 0.981. The Bertz CT molecular complexity index is 875. The van der Waals surface area contributed by atoms with Crippen LogP contribution in [-0.2, 0) is 9.59 Å². The lowest BCUT2D eigenvalue weighted by Crippen LogP contribution is -2.40. The Morgan fingerprint density at radius 2 is 1.85 bits per heavy atom. The molecule has 5 aliphatic rings. The van der Waals surface area contributed by atoms with Gasteiger partial charge in [-0.1, -0.05) is 12.2 Å². The Balaban J connectivity index is 1.42. The second kappa shape index (κ2) is 5.92. The molecular weight excluding hydrogens is 412 g/mol. The Morgan fingerprint density at radius 3 is 2.44 bits per heavy atom. The van der Waals surface area contributed by atoms with E-state index in [2.05, 4.69) is 33.2 Å². The van der Waals surface area contributed by atoms with Crippen molar-refractivity contribution in [3.8, 4) is 11.5 Å². The summed E-state index contributed by atoms with van der Waals surface area (Å²) in [6, 6.07) is 3.30. The molecule has 2 saturated carbocycles. The number of aromatic hydroxyl groups is 1. The number of benzene rings is 1. The molecule has 0 radical (unpaired) electrons. The summed E-state index contributed by atoms with van der Waals surface area (Å²) in [5.41, 5.74) is 0.627. The van der Waals surface area contributed by atoms with Crippen LogP contribution in [0.5, 0.6) is 11.5 Å². The zero-order valence-electron chi connectivity index (χ0n) is 14.7. The van der Waals surface area contributed by atoms with Gasteiger partial charge in [0.2, 0.25) is 0 Å². The highest BCUT2D eigenvalue weighted by molar-refractivity contribution is 9.10. The Hall–Kier alpha value is -2.15. The molecule has 1 N–H and O–H groups in total. The summed E-state index contributed by atoms with van der Waals surface area (Å²) >= 11 is 3.28. The molecule has 2 amide bonds. The predicted molar refractivity (Wildman–Crippen MR) is 101 cm³/mol. The second-order valence-corrected chi connectivity index (χ2v) is 8.52. The van der Waals surface area contributed by atoms with E-state index in [1.165, 1.54) is 6.21 Å². The van der Waals surface area contributed by atoms with Gasteiger partial charge in [-0.2, -0.15) is 10.1 Å². The first-order valence-corrected chi connectivity index (χ1v) is 10.1. The maximum atomic E-state index is 12.9. The third-order valence-corrected chi connectivity index (χ3v) is 6.92. The molecule has 140 valence electrons. The van der Waals surface area contributed by atoms with E-state index in [1.807, 2.05) is 6.92 Å². The van der Waals surface area contributed by atoms with Crippen molar-refractivity contribution in [3.63, 3.8) is 0 Å². The van der Waals surface area contributed by atoms with Gasteiger partial charge in [0.05, 0.1) is 29.1 Å². The van der Waals surface area contributed by atoms with Crippen molar-refractivity contribution in [1.82, 2.24) is 5.01 Å². The van der Waals surface area contributed by atoms with Crippen molar-refractivity contribution in [2.24, 2.45) is 40.6 Å². The van der Waals surface area contributed by atoms with Crippen LogP contribution in [0.3, 0.4) is 0 Å². The van der Waals surface area contributed by atoms with E-state index in [0.717, 1.165) is 11.4 Å².